The summed E-state index contributed by atoms with van der Waals surface area (Å²) in [5.41, 5.74) is 0.921. The fourth-order valence-electron chi connectivity index (χ4n) is 1.35. The zero-order valence-electron chi connectivity index (χ0n) is 9.37. The van der Waals surface area contributed by atoms with Crippen LogP contribution in [0.1, 0.15) is 25.3 Å². The van der Waals surface area contributed by atoms with Crippen LogP contribution < -0.4 is 4.74 Å². The number of aliphatic carboxylic acids is 1. The van der Waals surface area contributed by atoms with Gasteiger partial charge in [0.15, 0.2) is 0 Å². The van der Waals surface area contributed by atoms with E-state index in [-0.39, 0.29) is 12.5 Å². The van der Waals surface area contributed by atoms with Crippen LogP contribution in [0.4, 0.5) is 0 Å². The number of carbonyl (C=O) groups is 1. The number of hydrogen-bond donors (Lipinski definition) is 1. The van der Waals surface area contributed by atoms with Crippen LogP contribution in [0, 0.1) is 6.92 Å². The molecule has 16 heavy (non-hydrogen) atoms. The van der Waals surface area contributed by atoms with Crippen LogP contribution in [-0.2, 0) is 4.79 Å². The van der Waals surface area contributed by atoms with Crippen LogP contribution in [0.2, 0.25) is 5.02 Å². The largest absolute Gasteiger partial charge is 0.490 e. The summed E-state index contributed by atoms with van der Waals surface area (Å²) in [5.74, 6) is -0.187. The maximum absolute atomic E-state index is 10.6. The van der Waals surface area contributed by atoms with Crippen molar-refractivity contribution in [3.05, 3.63) is 28.8 Å². The van der Waals surface area contributed by atoms with E-state index in [1.54, 1.807) is 12.1 Å². The number of rotatable bonds is 5. The van der Waals surface area contributed by atoms with Crippen molar-refractivity contribution < 1.29 is 14.6 Å². The Bertz CT molecular complexity index is 377. The van der Waals surface area contributed by atoms with Gasteiger partial charge in [0.1, 0.15) is 11.9 Å². The first kappa shape index (κ1) is 12.8. The van der Waals surface area contributed by atoms with E-state index in [9.17, 15) is 4.79 Å². The lowest BCUT2D eigenvalue weighted by atomic mass is 10.2. The SMILES string of the molecule is CCC(CC(=O)O)Oc1ccc(Cl)c(C)c1. The fraction of sp³-hybridized carbons (Fsp3) is 0.417. The third kappa shape index (κ3) is 3.74. The van der Waals surface area contributed by atoms with E-state index in [0.29, 0.717) is 17.2 Å². The second kappa shape index (κ2) is 5.75. The molecule has 88 valence electrons. The average Bonchev–Trinajstić information content (AvgIpc) is 2.22. The van der Waals surface area contributed by atoms with Gasteiger partial charge >= 0.3 is 5.97 Å². The Labute approximate surface area is 100.0 Å². The standard InChI is InChI=1S/C12H15ClO3/c1-3-9(7-12(14)15)16-10-4-5-11(13)8(2)6-10/h4-6,9H,3,7H2,1-2H3,(H,14,15). The quantitative estimate of drug-likeness (QED) is 0.862. The monoisotopic (exact) mass is 242 g/mol. The van der Waals surface area contributed by atoms with E-state index in [1.807, 2.05) is 19.9 Å². The molecule has 0 aliphatic carbocycles. The fourth-order valence-corrected chi connectivity index (χ4v) is 1.46. The number of carboxylic acid groups (broad SMARTS) is 1. The van der Waals surface area contributed by atoms with E-state index in [2.05, 4.69) is 0 Å². The smallest absolute Gasteiger partial charge is 0.307 e. The summed E-state index contributed by atoms with van der Waals surface area (Å²) in [7, 11) is 0. The van der Waals surface area contributed by atoms with Crippen molar-refractivity contribution in [3.8, 4) is 5.75 Å². The molecule has 0 bridgehead atoms. The molecule has 0 aliphatic heterocycles. The predicted molar refractivity (Wildman–Crippen MR) is 63.1 cm³/mol. The molecule has 0 aromatic heterocycles. The number of hydrogen-bond acceptors (Lipinski definition) is 2. The van der Waals surface area contributed by atoms with Gasteiger partial charge in [0, 0.05) is 5.02 Å². The molecule has 1 unspecified atom stereocenters. The van der Waals surface area contributed by atoms with Crippen LogP contribution in [0.5, 0.6) is 5.75 Å². The Kier molecular flexibility index (Phi) is 4.62. The molecule has 3 nitrogen and oxygen atoms in total. The Hall–Kier alpha value is -1.22. The highest BCUT2D eigenvalue weighted by atomic mass is 35.5. The molecule has 0 radical (unpaired) electrons. The second-order valence-corrected chi connectivity index (χ2v) is 4.06. The van der Waals surface area contributed by atoms with E-state index >= 15 is 0 Å². The molecule has 1 aromatic rings. The second-order valence-electron chi connectivity index (χ2n) is 3.66. The highest BCUT2D eigenvalue weighted by Crippen LogP contribution is 2.22. The van der Waals surface area contributed by atoms with Crippen molar-refractivity contribution in [2.24, 2.45) is 0 Å². The highest BCUT2D eigenvalue weighted by molar-refractivity contribution is 6.31. The maximum atomic E-state index is 10.6. The lowest BCUT2D eigenvalue weighted by molar-refractivity contribution is -0.138. The number of halogens is 1. The molecule has 4 heteroatoms. The van der Waals surface area contributed by atoms with E-state index in [4.69, 9.17) is 21.4 Å². The molecule has 1 atom stereocenters. The number of ether oxygens (including phenoxy) is 1. The number of benzene rings is 1. The average molecular weight is 243 g/mol. The molecule has 1 aromatic carbocycles. The van der Waals surface area contributed by atoms with Crippen molar-refractivity contribution >= 4 is 17.6 Å². The lowest BCUT2D eigenvalue weighted by Gasteiger charge is -2.16. The van der Waals surface area contributed by atoms with Crippen molar-refractivity contribution in [2.75, 3.05) is 0 Å². The highest BCUT2D eigenvalue weighted by Gasteiger charge is 2.13. The zero-order chi connectivity index (χ0) is 12.1. The summed E-state index contributed by atoms with van der Waals surface area (Å²) in [5, 5.41) is 9.37. The van der Waals surface area contributed by atoms with Gasteiger partial charge in [-0.15, -0.1) is 0 Å². The Morgan fingerprint density at radius 1 is 1.56 bits per heavy atom. The predicted octanol–water partition coefficient (Wildman–Crippen LogP) is 3.28. The summed E-state index contributed by atoms with van der Waals surface area (Å²) in [6, 6.07) is 5.31. The molecule has 0 saturated carbocycles. The van der Waals surface area contributed by atoms with Gasteiger partial charge in [-0.2, -0.15) is 0 Å². The van der Waals surface area contributed by atoms with Gasteiger partial charge in [0.05, 0.1) is 6.42 Å². The van der Waals surface area contributed by atoms with Crippen LogP contribution >= 0.6 is 11.6 Å². The molecule has 1 N–H and O–H groups in total. The molecule has 1 rings (SSSR count). The molecular weight excluding hydrogens is 228 g/mol. The lowest BCUT2D eigenvalue weighted by Crippen LogP contribution is -2.19. The Balaban J connectivity index is 2.70. The van der Waals surface area contributed by atoms with Gasteiger partial charge in [-0.25, -0.2) is 0 Å². The molecule has 0 saturated heterocycles. The van der Waals surface area contributed by atoms with Gasteiger partial charge in [0.25, 0.3) is 0 Å². The minimum absolute atomic E-state index is 0.0121. The molecule has 0 aliphatic rings. The van der Waals surface area contributed by atoms with Crippen LogP contribution in [0.15, 0.2) is 18.2 Å². The van der Waals surface area contributed by atoms with E-state index in [1.165, 1.54) is 0 Å². The van der Waals surface area contributed by atoms with Crippen LogP contribution in [0.3, 0.4) is 0 Å². The van der Waals surface area contributed by atoms with Gasteiger partial charge in [-0.3, -0.25) is 4.79 Å². The summed E-state index contributed by atoms with van der Waals surface area (Å²) in [6.07, 6.45) is 0.379. The summed E-state index contributed by atoms with van der Waals surface area (Å²) >= 11 is 5.89. The first-order valence-electron chi connectivity index (χ1n) is 5.17. The van der Waals surface area contributed by atoms with Gasteiger partial charge in [-0.05, 0) is 37.1 Å². The summed E-state index contributed by atoms with van der Waals surface area (Å²) in [4.78, 5) is 10.6. The first-order valence-corrected chi connectivity index (χ1v) is 5.55. The zero-order valence-corrected chi connectivity index (χ0v) is 10.1. The van der Waals surface area contributed by atoms with Crippen LogP contribution in [-0.4, -0.2) is 17.2 Å². The van der Waals surface area contributed by atoms with Crippen molar-refractivity contribution in [1.29, 1.82) is 0 Å². The van der Waals surface area contributed by atoms with E-state index in [0.717, 1.165) is 5.56 Å². The molecule has 0 heterocycles. The third-order valence-corrected chi connectivity index (χ3v) is 2.71. The Morgan fingerprint density at radius 3 is 2.75 bits per heavy atom. The normalized spacial score (nSPS) is 12.2. The summed E-state index contributed by atoms with van der Waals surface area (Å²) < 4.78 is 5.57. The maximum Gasteiger partial charge on any atom is 0.307 e. The topological polar surface area (TPSA) is 46.5 Å². The van der Waals surface area contributed by atoms with E-state index < -0.39 is 5.97 Å². The molecule has 0 amide bonds. The molecule has 0 spiro atoms. The van der Waals surface area contributed by atoms with Crippen molar-refractivity contribution in [3.63, 3.8) is 0 Å². The van der Waals surface area contributed by atoms with Gasteiger partial charge < -0.3 is 9.84 Å². The minimum atomic E-state index is -0.850. The van der Waals surface area contributed by atoms with Crippen molar-refractivity contribution in [2.45, 2.75) is 32.8 Å². The first-order chi connectivity index (χ1) is 7.52. The number of carboxylic acids is 1. The third-order valence-electron chi connectivity index (χ3n) is 2.29. The van der Waals surface area contributed by atoms with Crippen LogP contribution in [0.25, 0.3) is 0 Å². The summed E-state index contributed by atoms with van der Waals surface area (Å²) in [6.45, 7) is 3.78. The molecule has 0 fully saturated rings. The van der Waals surface area contributed by atoms with Gasteiger partial charge in [-0.1, -0.05) is 18.5 Å². The number of aryl methyl sites for hydroxylation is 1. The van der Waals surface area contributed by atoms with Gasteiger partial charge in [0.2, 0.25) is 0 Å². The van der Waals surface area contributed by atoms with Crippen molar-refractivity contribution in [1.82, 2.24) is 0 Å². The Morgan fingerprint density at radius 2 is 2.25 bits per heavy atom. The molecular formula is C12H15ClO3. The minimum Gasteiger partial charge on any atom is -0.490 e.